The van der Waals surface area contributed by atoms with E-state index in [0.717, 1.165) is 31.7 Å². The van der Waals surface area contributed by atoms with Crippen molar-refractivity contribution < 1.29 is 9.18 Å². The number of nitrogens with zero attached hydrogens (tertiary/aromatic N) is 3. The van der Waals surface area contributed by atoms with Crippen LogP contribution in [-0.2, 0) is 4.79 Å². The molecular weight excluding hydrogens is 357 g/mol. The van der Waals surface area contributed by atoms with Gasteiger partial charge in [-0.2, -0.15) is 0 Å². The first kappa shape index (κ1) is 17.6. The van der Waals surface area contributed by atoms with Gasteiger partial charge in [-0.25, -0.2) is 9.37 Å². The topological polar surface area (TPSA) is 74.5 Å². The van der Waals surface area contributed by atoms with Crippen molar-refractivity contribution in [3.63, 3.8) is 0 Å². The van der Waals surface area contributed by atoms with Gasteiger partial charge in [-0.05, 0) is 55.3 Å². The zero-order chi connectivity index (χ0) is 19.4. The Hall–Kier alpha value is -2.51. The van der Waals surface area contributed by atoms with Gasteiger partial charge in [-0.3, -0.25) is 9.69 Å². The summed E-state index contributed by atoms with van der Waals surface area (Å²) in [4.78, 5) is 22.1. The number of piperidine rings is 1. The summed E-state index contributed by atoms with van der Waals surface area (Å²) in [5, 5.41) is 2.93. The molecule has 0 spiro atoms. The van der Waals surface area contributed by atoms with Gasteiger partial charge in [0.2, 0.25) is 5.91 Å². The van der Waals surface area contributed by atoms with Gasteiger partial charge in [0, 0.05) is 43.7 Å². The normalized spacial score (nSPS) is 27.3. The van der Waals surface area contributed by atoms with Crippen LogP contribution < -0.4 is 11.1 Å². The van der Waals surface area contributed by atoms with E-state index in [0.29, 0.717) is 35.1 Å². The molecule has 1 aromatic carbocycles. The zero-order valence-electron chi connectivity index (χ0n) is 15.8. The average molecular weight is 381 g/mol. The predicted molar refractivity (Wildman–Crippen MR) is 106 cm³/mol. The molecule has 3 fully saturated rings. The number of likely N-dealkylation sites (tertiary alicyclic amines) is 2. The van der Waals surface area contributed by atoms with E-state index in [1.54, 1.807) is 24.3 Å². The van der Waals surface area contributed by atoms with Gasteiger partial charge < -0.3 is 16.0 Å². The lowest BCUT2D eigenvalue weighted by molar-refractivity contribution is -0.118. The molecule has 2 unspecified atom stereocenters. The highest BCUT2D eigenvalue weighted by molar-refractivity contribution is 5.96. The number of halogens is 1. The summed E-state index contributed by atoms with van der Waals surface area (Å²) < 4.78 is 13.1. The molecule has 28 heavy (non-hydrogen) atoms. The van der Waals surface area contributed by atoms with Crippen molar-refractivity contribution in [1.29, 1.82) is 0 Å². The highest BCUT2D eigenvalue weighted by Crippen LogP contribution is 2.53. The van der Waals surface area contributed by atoms with Gasteiger partial charge in [0.25, 0.3) is 0 Å². The van der Waals surface area contributed by atoms with Crippen molar-refractivity contribution in [2.75, 3.05) is 44.3 Å². The Morgan fingerprint density at radius 1 is 1.11 bits per heavy atom. The maximum atomic E-state index is 13.1. The van der Waals surface area contributed by atoms with Crippen LogP contribution in [0.2, 0.25) is 0 Å². The second kappa shape index (κ2) is 6.53. The highest BCUT2D eigenvalue weighted by Gasteiger charge is 2.60. The van der Waals surface area contributed by atoms with Gasteiger partial charge in [0.15, 0.2) is 5.82 Å². The number of rotatable bonds is 4. The molecular formula is C21H24FN5O. The van der Waals surface area contributed by atoms with Crippen LogP contribution in [0.1, 0.15) is 0 Å². The molecule has 5 rings (SSSR count). The number of hydrogen-bond donors (Lipinski definition) is 2. The van der Waals surface area contributed by atoms with E-state index in [9.17, 15) is 9.18 Å². The molecule has 3 atom stereocenters. The van der Waals surface area contributed by atoms with Gasteiger partial charge in [0.1, 0.15) is 5.82 Å². The lowest BCUT2D eigenvalue weighted by Gasteiger charge is -2.42. The SMILES string of the molecule is CN1CC(N2CC3C(C(=O)Nc4nc(-c5ccc(F)cc5)ccc4N)[C@@H]3C2)C1. The van der Waals surface area contributed by atoms with E-state index in [1.165, 1.54) is 12.1 Å². The Kier molecular flexibility index (Phi) is 4.10. The Morgan fingerprint density at radius 3 is 2.43 bits per heavy atom. The minimum absolute atomic E-state index is 0.0100. The van der Waals surface area contributed by atoms with Gasteiger partial charge in [0.05, 0.1) is 11.4 Å². The number of pyridine rings is 1. The van der Waals surface area contributed by atoms with Gasteiger partial charge >= 0.3 is 0 Å². The van der Waals surface area contributed by atoms with Crippen LogP contribution in [0.15, 0.2) is 36.4 Å². The number of fused-ring (bicyclic) bond motifs is 1. The first-order valence-electron chi connectivity index (χ1n) is 9.75. The number of carbonyl (C=O) groups is 1. The monoisotopic (exact) mass is 381 g/mol. The Balaban J connectivity index is 1.24. The fourth-order valence-electron chi connectivity index (χ4n) is 4.69. The third-order valence-electron chi connectivity index (χ3n) is 6.39. The van der Waals surface area contributed by atoms with Crippen molar-refractivity contribution in [1.82, 2.24) is 14.8 Å². The lowest BCUT2D eigenvalue weighted by atomic mass is 10.1. The largest absolute Gasteiger partial charge is 0.396 e. The number of amides is 1. The van der Waals surface area contributed by atoms with Crippen LogP contribution in [-0.4, -0.2) is 60.0 Å². The van der Waals surface area contributed by atoms with E-state index in [1.807, 2.05) is 0 Å². The number of nitrogen functional groups attached to an aromatic ring is 1. The number of nitrogens with one attached hydrogen (secondary N) is 1. The Morgan fingerprint density at radius 2 is 1.79 bits per heavy atom. The number of nitrogens with two attached hydrogens (primary N) is 1. The van der Waals surface area contributed by atoms with E-state index in [4.69, 9.17) is 5.73 Å². The number of likely N-dealkylation sites (N-methyl/N-ethyl adjacent to an activating group) is 1. The summed E-state index contributed by atoms with van der Waals surface area (Å²) in [7, 11) is 2.14. The number of aromatic nitrogens is 1. The van der Waals surface area contributed by atoms with Crippen LogP contribution in [0.5, 0.6) is 0 Å². The van der Waals surface area contributed by atoms with Gasteiger partial charge in [-0.15, -0.1) is 0 Å². The smallest absolute Gasteiger partial charge is 0.229 e. The van der Waals surface area contributed by atoms with Crippen molar-refractivity contribution in [2.45, 2.75) is 6.04 Å². The Bertz CT molecular complexity index is 900. The summed E-state index contributed by atoms with van der Waals surface area (Å²) in [5.74, 6) is 1.06. The molecule has 2 saturated heterocycles. The molecule has 1 aliphatic carbocycles. The predicted octanol–water partition coefficient (Wildman–Crippen LogP) is 1.90. The van der Waals surface area contributed by atoms with Crippen LogP contribution in [0, 0.1) is 23.6 Å². The second-order valence-corrected chi connectivity index (χ2v) is 8.31. The number of benzene rings is 1. The van der Waals surface area contributed by atoms with Crippen LogP contribution >= 0.6 is 0 Å². The molecule has 146 valence electrons. The van der Waals surface area contributed by atoms with Crippen LogP contribution in [0.3, 0.4) is 0 Å². The first-order chi connectivity index (χ1) is 13.5. The number of anilines is 2. The minimum atomic E-state index is -0.296. The molecule has 2 aromatic rings. The quantitative estimate of drug-likeness (QED) is 0.846. The van der Waals surface area contributed by atoms with E-state index in [-0.39, 0.29) is 17.6 Å². The average Bonchev–Trinajstić information content (AvgIpc) is 3.16. The lowest BCUT2D eigenvalue weighted by Crippen LogP contribution is -2.57. The molecule has 0 radical (unpaired) electrons. The molecule has 0 bridgehead atoms. The fraction of sp³-hybridized carbons (Fsp3) is 0.429. The van der Waals surface area contributed by atoms with Crippen molar-refractivity contribution in [2.24, 2.45) is 17.8 Å². The maximum Gasteiger partial charge on any atom is 0.229 e. The van der Waals surface area contributed by atoms with E-state index >= 15 is 0 Å². The van der Waals surface area contributed by atoms with Gasteiger partial charge in [-0.1, -0.05) is 0 Å². The van der Waals surface area contributed by atoms with Crippen molar-refractivity contribution >= 4 is 17.4 Å². The standard InChI is InChI=1S/C21H24FN5O/c1-26-8-14(9-26)27-10-15-16(11-27)19(15)21(28)25-20-17(23)6-7-18(24-20)12-2-4-13(22)5-3-12/h2-7,14-16,19H,8-11,23H2,1H3,(H,24,25,28)/t15-,16?,19?/m1/s1. The van der Waals surface area contributed by atoms with Crippen LogP contribution in [0.25, 0.3) is 11.3 Å². The molecule has 2 aliphatic heterocycles. The zero-order valence-corrected chi connectivity index (χ0v) is 15.8. The summed E-state index contributed by atoms with van der Waals surface area (Å²) in [6.07, 6.45) is 0. The maximum absolute atomic E-state index is 13.1. The van der Waals surface area contributed by atoms with E-state index in [2.05, 4.69) is 27.1 Å². The highest BCUT2D eigenvalue weighted by atomic mass is 19.1. The fourth-order valence-corrected chi connectivity index (χ4v) is 4.69. The van der Waals surface area contributed by atoms with Crippen LogP contribution in [0.4, 0.5) is 15.9 Å². The van der Waals surface area contributed by atoms with E-state index < -0.39 is 0 Å². The minimum Gasteiger partial charge on any atom is -0.396 e. The Labute approximate surface area is 163 Å². The molecule has 7 heteroatoms. The third kappa shape index (κ3) is 3.04. The second-order valence-electron chi connectivity index (χ2n) is 8.31. The molecule has 1 aromatic heterocycles. The molecule has 1 saturated carbocycles. The molecule has 3 aliphatic rings. The summed E-state index contributed by atoms with van der Waals surface area (Å²) in [6.45, 7) is 4.29. The molecule has 1 amide bonds. The summed E-state index contributed by atoms with van der Waals surface area (Å²) in [6, 6.07) is 10.3. The van der Waals surface area contributed by atoms with Crippen molar-refractivity contribution in [3.8, 4) is 11.3 Å². The number of hydrogen-bond acceptors (Lipinski definition) is 5. The number of carbonyl (C=O) groups excluding carboxylic acids is 1. The molecule has 3 N–H and O–H groups in total. The third-order valence-corrected chi connectivity index (χ3v) is 6.39. The summed E-state index contributed by atoms with van der Waals surface area (Å²) >= 11 is 0. The molecule has 6 nitrogen and oxygen atoms in total. The molecule has 3 heterocycles. The summed E-state index contributed by atoms with van der Waals surface area (Å²) in [5.41, 5.74) is 7.89. The van der Waals surface area contributed by atoms with Crippen molar-refractivity contribution in [3.05, 3.63) is 42.2 Å². The first-order valence-corrected chi connectivity index (χ1v) is 9.75.